The number of carbonyl (C=O) groups excluding carboxylic acids is 1. The van der Waals surface area contributed by atoms with E-state index in [-0.39, 0.29) is 24.8 Å². The molecule has 1 amide bonds. The van der Waals surface area contributed by atoms with E-state index in [4.69, 9.17) is 15.6 Å². The van der Waals surface area contributed by atoms with Crippen molar-refractivity contribution in [2.24, 2.45) is 5.73 Å². The number of primary amides is 1. The molecule has 0 aliphatic carbocycles. The Kier molecular flexibility index (Phi) is 5.85. The van der Waals surface area contributed by atoms with Gasteiger partial charge >= 0.3 is 5.97 Å². The molecule has 8 nitrogen and oxygen atoms in total. The molecule has 20 heavy (non-hydrogen) atoms. The quantitative estimate of drug-likeness (QED) is 0.581. The van der Waals surface area contributed by atoms with Gasteiger partial charge in [-0.1, -0.05) is 13.8 Å². The first-order chi connectivity index (χ1) is 9.41. The Hall–Kier alpha value is -2.22. The molecule has 0 atom stereocenters. The number of aromatic nitrogens is 2. The molecule has 1 heterocycles. The monoisotopic (exact) mass is 282 g/mol. The van der Waals surface area contributed by atoms with E-state index in [0.29, 0.717) is 18.1 Å². The normalized spacial score (nSPS) is 10.6. The smallest absolute Gasteiger partial charge is 0.356 e. The molecule has 0 saturated carbocycles. The molecule has 0 aromatic carbocycles. The number of hydrogen-bond donors (Lipinski definition) is 3. The molecule has 1 aromatic rings. The van der Waals surface area contributed by atoms with E-state index in [1.165, 1.54) is 6.20 Å². The molecular weight excluding hydrogens is 264 g/mol. The van der Waals surface area contributed by atoms with Crippen molar-refractivity contribution in [3.63, 3.8) is 0 Å². The second-order valence-corrected chi connectivity index (χ2v) is 4.40. The fourth-order valence-electron chi connectivity index (χ4n) is 1.40. The molecule has 0 bridgehead atoms. The van der Waals surface area contributed by atoms with Crippen LogP contribution < -0.4 is 11.1 Å². The third kappa shape index (κ3) is 4.81. The summed E-state index contributed by atoms with van der Waals surface area (Å²) in [4.78, 5) is 29.7. The van der Waals surface area contributed by atoms with Gasteiger partial charge in [0.25, 0.3) is 0 Å². The highest BCUT2D eigenvalue weighted by Crippen LogP contribution is 2.16. The van der Waals surface area contributed by atoms with Gasteiger partial charge in [0.1, 0.15) is 12.4 Å². The molecule has 0 radical (unpaired) electrons. The van der Waals surface area contributed by atoms with Gasteiger partial charge in [0, 0.05) is 12.5 Å². The number of nitrogens with zero attached hydrogens (tertiary/aromatic N) is 2. The number of amides is 1. The summed E-state index contributed by atoms with van der Waals surface area (Å²) >= 11 is 0. The maximum Gasteiger partial charge on any atom is 0.356 e. The molecule has 4 N–H and O–H groups in total. The standard InChI is InChI=1S/C12H18N4O4/c1-7(2)11-15-5-8(10(16-11)12(18)19)14-3-4-20-6-9(13)17/h5,7,14H,3-4,6H2,1-2H3,(H2,13,17)(H,18,19). The molecular formula is C12H18N4O4. The van der Waals surface area contributed by atoms with Crippen LogP contribution in [0.1, 0.15) is 36.1 Å². The predicted molar refractivity (Wildman–Crippen MR) is 71.6 cm³/mol. The molecule has 0 saturated heterocycles. The summed E-state index contributed by atoms with van der Waals surface area (Å²) in [5.41, 5.74) is 5.14. The average molecular weight is 282 g/mol. The van der Waals surface area contributed by atoms with Crippen LogP contribution in [0.15, 0.2) is 6.20 Å². The zero-order valence-corrected chi connectivity index (χ0v) is 11.4. The van der Waals surface area contributed by atoms with E-state index in [9.17, 15) is 9.59 Å². The number of carboxylic acids is 1. The van der Waals surface area contributed by atoms with Crippen LogP contribution in [0.3, 0.4) is 0 Å². The number of ether oxygens (including phenoxy) is 1. The first-order valence-corrected chi connectivity index (χ1v) is 6.12. The lowest BCUT2D eigenvalue weighted by Crippen LogP contribution is -2.21. The molecule has 1 rings (SSSR count). The van der Waals surface area contributed by atoms with Crippen molar-refractivity contribution in [1.29, 1.82) is 0 Å². The van der Waals surface area contributed by atoms with Gasteiger partial charge in [-0.05, 0) is 0 Å². The molecule has 0 unspecified atom stereocenters. The zero-order chi connectivity index (χ0) is 15.1. The lowest BCUT2D eigenvalue weighted by atomic mass is 10.2. The van der Waals surface area contributed by atoms with Gasteiger partial charge in [0.2, 0.25) is 5.91 Å². The highest BCUT2D eigenvalue weighted by molar-refractivity contribution is 5.91. The second kappa shape index (κ2) is 7.39. The van der Waals surface area contributed by atoms with Crippen molar-refractivity contribution in [1.82, 2.24) is 9.97 Å². The van der Waals surface area contributed by atoms with Gasteiger partial charge in [-0.2, -0.15) is 0 Å². The Balaban J connectivity index is 2.65. The minimum atomic E-state index is -1.13. The van der Waals surface area contributed by atoms with E-state index in [0.717, 1.165) is 0 Å². The van der Waals surface area contributed by atoms with Crippen molar-refractivity contribution in [3.05, 3.63) is 17.7 Å². The number of rotatable bonds is 8. The Morgan fingerprint density at radius 2 is 2.20 bits per heavy atom. The number of hydrogen-bond acceptors (Lipinski definition) is 6. The largest absolute Gasteiger partial charge is 0.476 e. The van der Waals surface area contributed by atoms with Crippen molar-refractivity contribution in [2.45, 2.75) is 19.8 Å². The molecule has 8 heteroatoms. The Bertz CT molecular complexity index is 490. The van der Waals surface area contributed by atoms with E-state index in [1.54, 1.807) is 0 Å². The van der Waals surface area contributed by atoms with Gasteiger partial charge in [-0.3, -0.25) is 4.79 Å². The molecule has 0 spiro atoms. The van der Waals surface area contributed by atoms with Crippen LogP contribution in [0, 0.1) is 0 Å². The van der Waals surface area contributed by atoms with Crippen LogP contribution in [-0.2, 0) is 9.53 Å². The van der Waals surface area contributed by atoms with Crippen molar-refractivity contribution in [2.75, 3.05) is 25.1 Å². The topological polar surface area (TPSA) is 127 Å². The van der Waals surface area contributed by atoms with Crippen LogP contribution in [0.4, 0.5) is 5.69 Å². The highest BCUT2D eigenvalue weighted by atomic mass is 16.5. The van der Waals surface area contributed by atoms with E-state index in [1.807, 2.05) is 13.8 Å². The summed E-state index contributed by atoms with van der Waals surface area (Å²) in [7, 11) is 0. The van der Waals surface area contributed by atoms with E-state index in [2.05, 4.69) is 15.3 Å². The third-order valence-electron chi connectivity index (χ3n) is 2.33. The Morgan fingerprint density at radius 1 is 1.50 bits per heavy atom. The van der Waals surface area contributed by atoms with Gasteiger partial charge in [-0.25, -0.2) is 14.8 Å². The molecule has 110 valence electrons. The van der Waals surface area contributed by atoms with Gasteiger partial charge in [0.15, 0.2) is 5.69 Å². The fraction of sp³-hybridized carbons (Fsp3) is 0.500. The number of anilines is 1. The maximum atomic E-state index is 11.2. The number of carboxylic acid groups (broad SMARTS) is 1. The van der Waals surface area contributed by atoms with Crippen LogP contribution in [0.2, 0.25) is 0 Å². The number of carbonyl (C=O) groups is 2. The fourth-order valence-corrected chi connectivity index (χ4v) is 1.40. The van der Waals surface area contributed by atoms with E-state index < -0.39 is 11.9 Å². The number of aromatic carboxylic acids is 1. The van der Waals surface area contributed by atoms with Crippen molar-refractivity contribution >= 4 is 17.6 Å². The Labute approximate surface area is 116 Å². The molecule has 0 aliphatic heterocycles. The van der Waals surface area contributed by atoms with Gasteiger partial charge in [0.05, 0.1) is 18.5 Å². The number of nitrogens with one attached hydrogen (secondary N) is 1. The first kappa shape index (κ1) is 15.8. The van der Waals surface area contributed by atoms with Crippen molar-refractivity contribution < 1.29 is 19.4 Å². The summed E-state index contributed by atoms with van der Waals surface area (Å²) in [6, 6.07) is 0. The van der Waals surface area contributed by atoms with Gasteiger partial charge < -0.3 is 20.9 Å². The summed E-state index contributed by atoms with van der Waals surface area (Å²) in [5, 5.41) is 12.0. The summed E-state index contributed by atoms with van der Waals surface area (Å²) in [6.45, 7) is 4.12. The van der Waals surface area contributed by atoms with Gasteiger partial charge in [-0.15, -0.1) is 0 Å². The second-order valence-electron chi connectivity index (χ2n) is 4.40. The SMILES string of the molecule is CC(C)c1ncc(NCCOCC(N)=O)c(C(=O)O)n1. The van der Waals surface area contributed by atoms with Crippen LogP contribution in [0.5, 0.6) is 0 Å². The van der Waals surface area contributed by atoms with Crippen LogP contribution >= 0.6 is 0 Å². The predicted octanol–water partition coefficient (Wildman–Crippen LogP) is 0.212. The summed E-state index contributed by atoms with van der Waals surface area (Å²) in [6.07, 6.45) is 1.43. The summed E-state index contributed by atoms with van der Waals surface area (Å²) in [5.74, 6) is -1.17. The molecule has 0 fully saturated rings. The molecule has 1 aromatic heterocycles. The first-order valence-electron chi connectivity index (χ1n) is 6.12. The summed E-state index contributed by atoms with van der Waals surface area (Å²) < 4.78 is 4.95. The zero-order valence-electron chi connectivity index (χ0n) is 11.4. The highest BCUT2D eigenvalue weighted by Gasteiger charge is 2.15. The maximum absolute atomic E-state index is 11.2. The minimum Gasteiger partial charge on any atom is -0.476 e. The lowest BCUT2D eigenvalue weighted by molar-refractivity contribution is -0.122. The van der Waals surface area contributed by atoms with Crippen LogP contribution in [-0.4, -0.2) is 46.7 Å². The molecule has 0 aliphatic rings. The Morgan fingerprint density at radius 3 is 2.75 bits per heavy atom. The third-order valence-corrected chi connectivity index (χ3v) is 2.33. The lowest BCUT2D eigenvalue weighted by Gasteiger charge is -2.11. The minimum absolute atomic E-state index is 0.0426. The van der Waals surface area contributed by atoms with E-state index >= 15 is 0 Å². The van der Waals surface area contributed by atoms with Crippen molar-refractivity contribution in [3.8, 4) is 0 Å². The van der Waals surface area contributed by atoms with Crippen LogP contribution in [0.25, 0.3) is 0 Å². The number of nitrogens with two attached hydrogens (primary N) is 1. The average Bonchev–Trinajstić information content (AvgIpc) is 2.37.